The number of aryl methyl sites for hydroxylation is 1. The summed E-state index contributed by atoms with van der Waals surface area (Å²) in [5, 5.41) is 5.06. The minimum atomic E-state index is 0.678. The lowest BCUT2D eigenvalue weighted by atomic mass is 10.2. The molecule has 0 amide bonds. The molecule has 1 heterocycles. The van der Waals surface area contributed by atoms with Crippen molar-refractivity contribution in [2.75, 3.05) is 17.6 Å². The SMILES string of the molecule is Cc1ccc(NCCSc2ccc(Cl)cn2)cc1. The summed E-state index contributed by atoms with van der Waals surface area (Å²) in [6.07, 6.45) is 1.68. The van der Waals surface area contributed by atoms with Gasteiger partial charge >= 0.3 is 0 Å². The van der Waals surface area contributed by atoms with E-state index < -0.39 is 0 Å². The fraction of sp³-hybridized carbons (Fsp3) is 0.214. The molecule has 0 spiro atoms. The number of rotatable bonds is 5. The predicted molar refractivity (Wildman–Crippen MR) is 79.6 cm³/mol. The number of hydrogen-bond acceptors (Lipinski definition) is 3. The third-order valence-corrected chi connectivity index (χ3v) is 3.60. The Morgan fingerprint density at radius 2 is 1.94 bits per heavy atom. The van der Waals surface area contributed by atoms with Gasteiger partial charge in [0.25, 0.3) is 0 Å². The maximum Gasteiger partial charge on any atom is 0.0961 e. The predicted octanol–water partition coefficient (Wildman–Crippen LogP) is 4.25. The number of nitrogens with zero attached hydrogens (tertiary/aromatic N) is 1. The molecule has 0 radical (unpaired) electrons. The molecule has 0 fully saturated rings. The highest BCUT2D eigenvalue weighted by Gasteiger charge is 1.96. The van der Waals surface area contributed by atoms with E-state index in [2.05, 4.69) is 41.5 Å². The summed E-state index contributed by atoms with van der Waals surface area (Å²) in [6.45, 7) is 3.00. The number of benzene rings is 1. The first-order valence-electron chi connectivity index (χ1n) is 5.79. The Bertz CT molecular complexity index is 435. The van der Waals surface area contributed by atoms with E-state index >= 15 is 0 Å². The summed E-state index contributed by atoms with van der Waals surface area (Å²) < 4.78 is 0. The summed E-state index contributed by atoms with van der Waals surface area (Å²) in [4.78, 5) is 4.24. The Hall–Kier alpha value is -1.19. The highest BCUT2D eigenvalue weighted by molar-refractivity contribution is 7.99. The third-order valence-electron chi connectivity index (χ3n) is 2.43. The molecular formula is C14H15ClN2S. The Balaban J connectivity index is 1.73. The van der Waals surface area contributed by atoms with Gasteiger partial charge in [0, 0.05) is 24.2 Å². The Morgan fingerprint density at radius 1 is 1.17 bits per heavy atom. The number of halogens is 1. The molecule has 0 aliphatic heterocycles. The van der Waals surface area contributed by atoms with Gasteiger partial charge in [-0.05, 0) is 31.2 Å². The summed E-state index contributed by atoms with van der Waals surface area (Å²) >= 11 is 7.50. The van der Waals surface area contributed by atoms with Crippen LogP contribution in [0.25, 0.3) is 0 Å². The molecule has 4 heteroatoms. The Labute approximate surface area is 117 Å². The van der Waals surface area contributed by atoms with Crippen molar-refractivity contribution in [2.45, 2.75) is 11.9 Å². The fourth-order valence-corrected chi connectivity index (χ4v) is 2.29. The van der Waals surface area contributed by atoms with Crippen LogP contribution in [0.4, 0.5) is 5.69 Å². The second kappa shape index (κ2) is 6.66. The molecule has 0 unspecified atom stereocenters. The molecule has 1 aromatic heterocycles. The summed E-state index contributed by atoms with van der Waals surface area (Å²) in [6, 6.07) is 12.2. The molecule has 0 atom stereocenters. The van der Waals surface area contributed by atoms with E-state index in [0.29, 0.717) is 5.02 Å². The zero-order valence-electron chi connectivity index (χ0n) is 10.2. The second-order valence-corrected chi connectivity index (χ2v) is 5.51. The summed E-state index contributed by atoms with van der Waals surface area (Å²) in [7, 11) is 0. The normalized spacial score (nSPS) is 10.3. The highest BCUT2D eigenvalue weighted by Crippen LogP contribution is 2.17. The van der Waals surface area contributed by atoms with Gasteiger partial charge in [0.2, 0.25) is 0 Å². The zero-order valence-corrected chi connectivity index (χ0v) is 11.8. The van der Waals surface area contributed by atoms with E-state index in [1.807, 2.05) is 12.1 Å². The second-order valence-electron chi connectivity index (χ2n) is 3.96. The van der Waals surface area contributed by atoms with Gasteiger partial charge in [0.05, 0.1) is 10.0 Å². The van der Waals surface area contributed by atoms with Gasteiger partial charge in [-0.2, -0.15) is 0 Å². The molecule has 1 N–H and O–H groups in total. The van der Waals surface area contributed by atoms with Crippen LogP contribution in [-0.4, -0.2) is 17.3 Å². The molecule has 1 aromatic carbocycles. The lowest BCUT2D eigenvalue weighted by Gasteiger charge is -2.06. The van der Waals surface area contributed by atoms with E-state index in [-0.39, 0.29) is 0 Å². The summed E-state index contributed by atoms with van der Waals surface area (Å²) in [5.41, 5.74) is 2.44. The third kappa shape index (κ3) is 4.24. The van der Waals surface area contributed by atoms with Crippen LogP contribution in [0.2, 0.25) is 5.02 Å². The van der Waals surface area contributed by atoms with Crippen LogP contribution in [0.5, 0.6) is 0 Å². The monoisotopic (exact) mass is 278 g/mol. The molecule has 0 saturated heterocycles. The van der Waals surface area contributed by atoms with Crippen molar-refractivity contribution in [3.63, 3.8) is 0 Å². The average Bonchev–Trinajstić information content (AvgIpc) is 2.39. The highest BCUT2D eigenvalue weighted by atomic mass is 35.5. The zero-order chi connectivity index (χ0) is 12.8. The summed E-state index contributed by atoms with van der Waals surface area (Å²) in [5.74, 6) is 0.975. The quantitative estimate of drug-likeness (QED) is 0.654. The first-order valence-corrected chi connectivity index (χ1v) is 7.15. The van der Waals surface area contributed by atoms with Crippen LogP contribution >= 0.6 is 23.4 Å². The van der Waals surface area contributed by atoms with Crippen molar-refractivity contribution in [2.24, 2.45) is 0 Å². The van der Waals surface area contributed by atoms with Gasteiger partial charge in [0.15, 0.2) is 0 Å². The van der Waals surface area contributed by atoms with Crippen molar-refractivity contribution >= 4 is 29.1 Å². The van der Waals surface area contributed by atoms with Crippen LogP contribution in [0, 0.1) is 6.92 Å². The number of hydrogen-bond donors (Lipinski definition) is 1. The Morgan fingerprint density at radius 3 is 2.61 bits per heavy atom. The van der Waals surface area contributed by atoms with Crippen molar-refractivity contribution in [3.05, 3.63) is 53.2 Å². The first kappa shape index (κ1) is 13.2. The van der Waals surface area contributed by atoms with Gasteiger partial charge in [-0.1, -0.05) is 29.3 Å². The van der Waals surface area contributed by atoms with Crippen LogP contribution < -0.4 is 5.32 Å². The average molecular weight is 279 g/mol. The lowest BCUT2D eigenvalue weighted by Crippen LogP contribution is -2.03. The molecule has 94 valence electrons. The number of pyridine rings is 1. The number of aromatic nitrogens is 1. The molecule has 2 aromatic rings. The molecule has 0 aliphatic carbocycles. The number of nitrogens with one attached hydrogen (secondary N) is 1. The minimum Gasteiger partial charge on any atom is -0.384 e. The molecule has 0 aliphatic rings. The van der Waals surface area contributed by atoms with Crippen molar-refractivity contribution in [1.82, 2.24) is 4.98 Å². The van der Waals surface area contributed by atoms with Gasteiger partial charge in [-0.25, -0.2) is 4.98 Å². The molecular weight excluding hydrogens is 264 g/mol. The minimum absolute atomic E-state index is 0.678. The van der Waals surface area contributed by atoms with Crippen molar-refractivity contribution in [1.29, 1.82) is 0 Å². The molecule has 0 bridgehead atoms. The smallest absolute Gasteiger partial charge is 0.0961 e. The van der Waals surface area contributed by atoms with Crippen LogP contribution in [0.15, 0.2) is 47.6 Å². The van der Waals surface area contributed by atoms with E-state index in [4.69, 9.17) is 11.6 Å². The molecule has 18 heavy (non-hydrogen) atoms. The fourth-order valence-electron chi connectivity index (χ4n) is 1.47. The van der Waals surface area contributed by atoms with Crippen molar-refractivity contribution in [3.8, 4) is 0 Å². The Kier molecular flexibility index (Phi) is 4.90. The first-order chi connectivity index (χ1) is 8.74. The van der Waals surface area contributed by atoms with Gasteiger partial charge in [-0.15, -0.1) is 11.8 Å². The van der Waals surface area contributed by atoms with Crippen molar-refractivity contribution < 1.29 is 0 Å². The van der Waals surface area contributed by atoms with E-state index in [1.165, 1.54) is 5.56 Å². The standard InChI is InChI=1S/C14H15ClN2S/c1-11-2-5-13(6-3-11)16-8-9-18-14-7-4-12(15)10-17-14/h2-7,10,16H,8-9H2,1H3. The van der Waals surface area contributed by atoms with Crippen LogP contribution in [0.3, 0.4) is 0 Å². The topological polar surface area (TPSA) is 24.9 Å². The largest absolute Gasteiger partial charge is 0.384 e. The van der Waals surface area contributed by atoms with E-state index in [0.717, 1.165) is 23.0 Å². The van der Waals surface area contributed by atoms with Gasteiger partial charge in [0.1, 0.15) is 0 Å². The maximum atomic E-state index is 5.78. The van der Waals surface area contributed by atoms with Crippen LogP contribution in [-0.2, 0) is 0 Å². The van der Waals surface area contributed by atoms with Crippen LogP contribution in [0.1, 0.15) is 5.56 Å². The van der Waals surface area contributed by atoms with E-state index in [9.17, 15) is 0 Å². The van der Waals surface area contributed by atoms with Gasteiger partial charge in [-0.3, -0.25) is 0 Å². The molecule has 2 rings (SSSR count). The number of anilines is 1. The lowest BCUT2D eigenvalue weighted by molar-refractivity contribution is 1.12. The number of thioether (sulfide) groups is 1. The van der Waals surface area contributed by atoms with E-state index in [1.54, 1.807) is 18.0 Å². The maximum absolute atomic E-state index is 5.78. The van der Waals surface area contributed by atoms with Gasteiger partial charge < -0.3 is 5.32 Å². The molecule has 2 nitrogen and oxygen atoms in total. The molecule has 0 saturated carbocycles.